The average molecular weight is 257 g/mol. The summed E-state index contributed by atoms with van der Waals surface area (Å²) in [4.78, 5) is 21.4. The van der Waals surface area contributed by atoms with Crippen molar-refractivity contribution in [2.45, 2.75) is 13.5 Å². The number of pyridine rings is 2. The monoisotopic (exact) mass is 257 g/mol. The highest BCUT2D eigenvalue weighted by molar-refractivity contribution is 5.89. The van der Waals surface area contributed by atoms with E-state index in [1.54, 1.807) is 25.3 Å². The minimum atomic E-state index is -0.955. The number of anilines is 1. The molecule has 0 saturated carbocycles. The number of hydrogen-bond acceptors (Lipinski definition) is 4. The number of nitrogens with zero attached hydrogens (tertiary/aromatic N) is 3. The molecular formula is C14H15N3O2. The molecule has 2 heterocycles. The summed E-state index contributed by atoms with van der Waals surface area (Å²) in [5.41, 5.74) is 1.68. The molecule has 0 unspecified atom stereocenters. The number of carboxylic acids is 1. The summed E-state index contributed by atoms with van der Waals surface area (Å²) in [6.07, 6.45) is 1.75. The maximum atomic E-state index is 10.9. The number of aryl methyl sites for hydroxylation is 1. The molecule has 5 heteroatoms. The second-order valence-electron chi connectivity index (χ2n) is 4.28. The van der Waals surface area contributed by atoms with Gasteiger partial charge in [0, 0.05) is 13.2 Å². The Hall–Kier alpha value is -2.43. The topological polar surface area (TPSA) is 66.3 Å². The van der Waals surface area contributed by atoms with Gasteiger partial charge >= 0.3 is 5.97 Å². The zero-order valence-electron chi connectivity index (χ0n) is 10.9. The van der Waals surface area contributed by atoms with Crippen molar-refractivity contribution >= 4 is 11.8 Å². The van der Waals surface area contributed by atoms with Crippen molar-refractivity contribution in [2.75, 3.05) is 11.9 Å². The van der Waals surface area contributed by atoms with Gasteiger partial charge in [0.1, 0.15) is 5.82 Å². The van der Waals surface area contributed by atoms with Crippen LogP contribution in [-0.2, 0) is 6.54 Å². The van der Waals surface area contributed by atoms with Crippen molar-refractivity contribution in [2.24, 2.45) is 0 Å². The molecule has 0 amide bonds. The number of aromatic carboxylic acids is 1. The Balaban J connectivity index is 2.18. The normalized spacial score (nSPS) is 10.2. The van der Waals surface area contributed by atoms with Crippen LogP contribution in [0, 0.1) is 6.92 Å². The molecule has 1 N–H and O–H groups in total. The highest BCUT2D eigenvalue weighted by Gasteiger charge is 2.11. The molecule has 2 aromatic heterocycles. The van der Waals surface area contributed by atoms with Crippen LogP contribution in [0.5, 0.6) is 0 Å². The Morgan fingerprint density at radius 3 is 2.68 bits per heavy atom. The summed E-state index contributed by atoms with van der Waals surface area (Å²) < 4.78 is 0. The third-order valence-electron chi connectivity index (χ3n) is 2.82. The van der Waals surface area contributed by atoms with Gasteiger partial charge in [-0.25, -0.2) is 9.78 Å². The minimum Gasteiger partial charge on any atom is -0.478 e. The summed E-state index contributed by atoms with van der Waals surface area (Å²) in [6, 6.07) is 9.03. The number of carboxylic acid groups (broad SMARTS) is 1. The Morgan fingerprint density at radius 1 is 1.32 bits per heavy atom. The molecule has 0 saturated heterocycles. The molecule has 5 nitrogen and oxygen atoms in total. The van der Waals surface area contributed by atoms with Gasteiger partial charge in [0.25, 0.3) is 0 Å². The molecule has 2 aromatic rings. The predicted molar refractivity (Wildman–Crippen MR) is 72.3 cm³/mol. The molecule has 0 aliphatic heterocycles. The summed E-state index contributed by atoms with van der Waals surface area (Å²) >= 11 is 0. The van der Waals surface area contributed by atoms with Crippen LogP contribution in [0.15, 0.2) is 36.5 Å². The zero-order valence-corrected chi connectivity index (χ0v) is 10.9. The first-order valence-corrected chi connectivity index (χ1v) is 5.90. The Labute approximate surface area is 111 Å². The third-order valence-corrected chi connectivity index (χ3v) is 2.82. The Bertz CT molecular complexity index is 584. The first-order chi connectivity index (χ1) is 9.08. The second-order valence-corrected chi connectivity index (χ2v) is 4.28. The van der Waals surface area contributed by atoms with Crippen molar-refractivity contribution in [1.29, 1.82) is 0 Å². The molecule has 0 spiro atoms. The van der Waals surface area contributed by atoms with Crippen LogP contribution in [0.4, 0.5) is 5.82 Å². The predicted octanol–water partition coefficient (Wildman–Crippen LogP) is 2.12. The minimum absolute atomic E-state index is 0.231. The smallest absolute Gasteiger partial charge is 0.337 e. The van der Waals surface area contributed by atoms with E-state index in [1.807, 2.05) is 30.1 Å². The number of aromatic nitrogens is 2. The standard InChI is InChI=1S/C14H15N3O2/c1-10-12(14(18)19)6-7-13(16-10)17(2)9-11-5-3-4-8-15-11/h3-8H,9H2,1-2H3,(H,18,19). The summed E-state index contributed by atoms with van der Waals surface area (Å²) in [6.45, 7) is 2.32. The highest BCUT2D eigenvalue weighted by Crippen LogP contribution is 2.15. The van der Waals surface area contributed by atoms with Crippen LogP contribution < -0.4 is 4.90 Å². The summed E-state index contributed by atoms with van der Waals surface area (Å²) in [5, 5.41) is 8.97. The lowest BCUT2D eigenvalue weighted by Gasteiger charge is -2.18. The van der Waals surface area contributed by atoms with Gasteiger partial charge in [0.05, 0.1) is 23.5 Å². The molecule has 0 radical (unpaired) electrons. The van der Waals surface area contributed by atoms with Gasteiger partial charge in [0.15, 0.2) is 0 Å². The Kier molecular flexibility index (Phi) is 3.75. The van der Waals surface area contributed by atoms with Gasteiger partial charge in [-0.1, -0.05) is 6.07 Å². The van der Waals surface area contributed by atoms with Gasteiger partial charge in [-0.3, -0.25) is 4.98 Å². The molecule has 0 aliphatic carbocycles. The SMILES string of the molecule is Cc1nc(N(C)Cc2ccccn2)ccc1C(=O)O. The molecule has 0 aromatic carbocycles. The lowest BCUT2D eigenvalue weighted by Crippen LogP contribution is -2.19. The van der Waals surface area contributed by atoms with E-state index in [0.717, 1.165) is 11.5 Å². The van der Waals surface area contributed by atoms with Gasteiger partial charge in [-0.05, 0) is 31.2 Å². The van der Waals surface area contributed by atoms with E-state index in [-0.39, 0.29) is 5.56 Å². The average Bonchev–Trinajstić information content (AvgIpc) is 2.39. The number of hydrogen-bond donors (Lipinski definition) is 1. The van der Waals surface area contributed by atoms with Crippen LogP contribution in [-0.4, -0.2) is 28.1 Å². The molecule has 19 heavy (non-hydrogen) atoms. The van der Waals surface area contributed by atoms with Crippen molar-refractivity contribution in [3.8, 4) is 0 Å². The quantitative estimate of drug-likeness (QED) is 0.908. The van der Waals surface area contributed by atoms with E-state index in [1.165, 1.54) is 0 Å². The Morgan fingerprint density at radius 2 is 2.11 bits per heavy atom. The van der Waals surface area contributed by atoms with Crippen LogP contribution in [0.3, 0.4) is 0 Å². The van der Waals surface area contributed by atoms with Gasteiger partial charge < -0.3 is 10.0 Å². The lowest BCUT2D eigenvalue weighted by molar-refractivity contribution is 0.0695. The molecule has 0 fully saturated rings. The summed E-state index contributed by atoms with van der Waals surface area (Å²) in [5.74, 6) is -0.225. The van der Waals surface area contributed by atoms with E-state index in [2.05, 4.69) is 9.97 Å². The van der Waals surface area contributed by atoms with E-state index >= 15 is 0 Å². The lowest BCUT2D eigenvalue weighted by atomic mass is 10.2. The maximum Gasteiger partial charge on any atom is 0.337 e. The van der Waals surface area contributed by atoms with E-state index in [0.29, 0.717) is 12.2 Å². The largest absolute Gasteiger partial charge is 0.478 e. The zero-order chi connectivity index (χ0) is 13.8. The van der Waals surface area contributed by atoms with Crippen LogP contribution in [0.1, 0.15) is 21.7 Å². The van der Waals surface area contributed by atoms with Crippen LogP contribution >= 0.6 is 0 Å². The van der Waals surface area contributed by atoms with E-state index in [9.17, 15) is 4.79 Å². The van der Waals surface area contributed by atoms with Gasteiger partial charge in [0.2, 0.25) is 0 Å². The molecule has 0 atom stereocenters. The second kappa shape index (κ2) is 5.48. The van der Waals surface area contributed by atoms with Crippen LogP contribution in [0.25, 0.3) is 0 Å². The first-order valence-electron chi connectivity index (χ1n) is 5.90. The molecule has 0 aliphatic rings. The third kappa shape index (κ3) is 3.07. The maximum absolute atomic E-state index is 10.9. The van der Waals surface area contributed by atoms with E-state index in [4.69, 9.17) is 5.11 Å². The molecular weight excluding hydrogens is 242 g/mol. The number of carbonyl (C=O) groups is 1. The fourth-order valence-electron chi connectivity index (χ4n) is 1.80. The van der Waals surface area contributed by atoms with Crippen molar-refractivity contribution < 1.29 is 9.90 Å². The highest BCUT2D eigenvalue weighted by atomic mass is 16.4. The van der Waals surface area contributed by atoms with Crippen molar-refractivity contribution in [1.82, 2.24) is 9.97 Å². The fraction of sp³-hybridized carbons (Fsp3) is 0.214. The van der Waals surface area contributed by atoms with Crippen molar-refractivity contribution in [3.05, 3.63) is 53.5 Å². The number of rotatable bonds is 4. The van der Waals surface area contributed by atoms with Gasteiger partial charge in [-0.2, -0.15) is 0 Å². The molecule has 98 valence electrons. The van der Waals surface area contributed by atoms with Crippen molar-refractivity contribution in [3.63, 3.8) is 0 Å². The summed E-state index contributed by atoms with van der Waals surface area (Å²) in [7, 11) is 1.90. The molecule has 2 rings (SSSR count). The fourth-order valence-corrected chi connectivity index (χ4v) is 1.80. The molecule has 0 bridgehead atoms. The van der Waals surface area contributed by atoms with Gasteiger partial charge in [-0.15, -0.1) is 0 Å². The van der Waals surface area contributed by atoms with Crippen LogP contribution in [0.2, 0.25) is 0 Å². The first kappa shape index (κ1) is 13.0. The van der Waals surface area contributed by atoms with E-state index < -0.39 is 5.97 Å².